The van der Waals surface area contributed by atoms with Crippen LogP contribution in [0.3, 0.4) is 0 Å². The molecule has 1 aromatic heterocycles. The van der Waals surface area contributed by atoms with E-state index in [2.05, 4.69) is 10.3 Å². The molecule has 3 aromatic rings. The molecule has 0 aliphatic rings. The van der Waals surface area contributed by atoms with Gasteiger partial charge in [0.2, 0.25) is 5.91 Å². The molecule has 0 saturated carbocycles. The second-order valence-corrected chi connectivity index (χ2v) is 9.64. The van der Waals surface area contributed by atoms with Crippen molar-refractivity contribution < 1.29 is 18.7 Å². The summed E-state index contributed by atoms with van der Waals surface area (Å²) >= 11 is 11.9. The molecule has 3 rings (SSSR count). The van der Waals surface area contributed by atoms with Gasteiger partial charge in [0.15, 0.2) is 0 Å². The van der Waals surface area contributed by atoms with Gasteiger partial charge in [0.25, 0.3) is 0 Å². The Morgan fingerprint density at radius 2 is 1.65 bits per heavy atom. The predicted octanol–water partition coefficient (Wildman–Crippen LogP) is 6.25. The number of esters is 1. The number of nitrogens with zero attached hydrogens (tertiary/aromatic N) is 1. The molecular formula is C26H25Cl2FN2O3. The van der Waals surface area contributed by atoms with Gasteiger partial charge in [0.1, 0.15) is 17.1 Å². The van der Waals surface area contributed by atoms with Crippen molar-refractivity contribution in [2.24, 2.45) is 0 Å². The predicted molar refractivity (Wildman–Crippen MR) is 130 cm³/mol. The molecule has 0 fully saturated rings. The molecule has 0 saturated heterocycles. The van der Waals surface area contributed by atoms with Crippen LogP contribution in [0, 0.1) is 5.82 Å². The van der Waals surface area contributed by atoms with E-state index >= 15 is 0 Å². The summed E-state index contributed by atoms with van der Waals surface area (Å²) in [5.41, 5.74) is 0.488. The maximum Gasteiger partial charge on any atom is 0.307 e. The molecule has 178 valence electrons. The molecule has 2 aromatic carbocycles. The largest absolute Gasteiger partial charge is 0.460 e. The summed E-state index contributed by atoms with van der Waals surface area (Å²) in [4.78, 5) is 30.2. The Labute approximate surface area is 208 Å². The van der Waals surface area contributed by atoms with Gasteiger partial charge in [0, 0.05) is 11.2 Å². The molecule has 1 N–H and O–H groups in total. The second-order valence-electron chi connectivity index (χ2n) is 8.77. The number of carbonyl (C=O) groups is 2. The minimum atomic E-state index is -0.938. The Morgan fingerprint density at radius 1 is 1.00 bits per heavy atom. The Bertz CT molecular complexity index is 1150. The highest BCUT2D eigenvalue weighted by atomic mass is 35.5. The Kier molecular flexibility index (Phi) is 8.28. The van der Waals surface area contributed by atoms with Gasteiger partial charge >= 0.3 is 5.97 Å². The lowest BCUT2D eigenvalue weighted by Crippen LogP contribution is -2.36. The first-order chi connectivity index (χ1) is 16.0. The summed E-state index contributed by atoms with van der Waals surface area (Å²) < 4.78 is 20.3. The first kappa shape index (κ1) is 25.7. The summed E-state index contributed by atoms with van der Waals surface area (Å²) in [5, 5.41) is 3.49. The number of pyridine rings is 1. The van der Waals surface area contributed by atoms with Crippen molar-refractivity contribution in [2.75, 3.05) is 0 Å². The first-order valence-electron chi connectivity index (χ1n) is 10.7. The lowest BCUT2D eigenvalue weighted by molar-refractivity contribution is -0.156. The maximum atomic E-state index is 14.8. The van der Waals surface area contributed by atoms with E-state index in [1.165, 1.54) is 6.20 Å². The number of benzene rings is 2. The van der Waals surface area contributed by atoms with Crippen molar-refractivity contribution in [3.63, 3.8) is 0 Å². The van der Waals surface area contributed by atoms with Gasteiger partial charge in [0.05, 0.1) is 23.4 Å². The van der Waals surface area contributed by atoms with E-state index in [0.717, 1.165) is 6.07 Å². The zero-order valence-electron chi connectivity index (χ0n) is 19.0. The molecule has 34 heavy (non-hydrogen) atoms. The topological polar surface area (TPSA) is 68.3 Å². The number of halogens is 3. The van der Waals surface area contributed by atoms with E-state index in [4.69, 9.17) is 27.9 Å². The second kappa shape index (κ2) is 11.0. The number of amides is 1. The molecule has 0 aliphatic heterocycles. The first-order valence-corrected chi connectivity index (χ1v) is 11.4. The van der Waals surface area contributed by atoms with E-state index in [1.54, 1.807) is 69.3 Å². The minimum Gasteiger partial charge on any atom is -0.460 e. The summed E-state index contributed by atoms with van der Waals surface area (Å²) in [6.45, 7) is 5.27. The number of hydrogen-bond acceptors (Lipinski definition) is 4. The summed E-state index contributed by atoms with van der Waals surface area (Å²) in [7, 11) is 0. The number of carbonyl (C=O) groups excluding carboxylic acids is 2. The molecule has 0 bridgehead atoms. The van der Waals surface area contributed by atoms with Crippen molar-refractivity contribution in [1.82, 2.24) is 10.3 Å². The van der Waals surface area contributed by atoms with Crippen molar-refractivity contribution >= 4 is 35.1 Å². The molecule has 1 unspecified atom stereocenters. The van der Waals surface area contributed by atoms with Gasteiger partial charge in [-0.25, -0.2) is 4.39 Å². The standard InChI is InChI=1S/C26H25Cl2FN2O3/c1-26(2,3)34-22(32)14-20(16-7-5-4-6-8-16)25(33)31-23(17-9-11-18(27)12-10-17)24-21(29)13-19(28)15-30-24/h4-13,15,20,23H,14H2,1-3H3,(H,31,33)/t20?,23-/m0/s1. The quantitative estimate of drug-likeness (QED) is 0.387. The van der Waals surface area contributed by atoms with Crippen molar-refractivity contribution in [3.8, 4) is 0 Å². The average Bonchev–Trinajstić information content (AvgIpc) is 2.76. The molecule has 5 nitrogen and oxygen atoms in total. The third-order valence-corrected chi connectivity index (χ3v) is 5.37. The number of aromatic nitrogens is 1. The lowest BCUT2D eigenvalue weighted by atomic mass is 9.93. The molecular weight excluding hydrogens is 478 g/mol. The van der Waals surface area contributed by atoms with Crippen LogP contribution in [-0.2, 0) is 14.3 Å². The monoisotopic (exact) mass is 502 g/mol. The zero-order valence-corrected chi connectivity index (χ0v) is 20.5. The molecule has 0 radical (unpaired) electrons. The smallest absolute Gasteiger partial charge is 0.307 e. The van der Waals surface area contributed by atoms with Crippen LogP contribution in [0.15, 0.2) is 66.9 Å². The van der Waals surface area contributed by atoms with Crippen LogP contribution in [0.4, 0.5) is 4.39 Å². The van der Waals surface area contributed by atoms with E-state index in [0.29, 0.717) is 16.1 Å². The highest BCUT2D eigenvalue weighted by molar-refractivity contribution is 6.30. The fraction of sp³-hybridized carbons (Fsp3) is 0.269. The summed E-state index contributed by atoms with van der Waals surface area (Å²) in [6, 6.07) is 15.7. The third-order valence-electron chi connectivity index (χ3n) is 4.91. The van der Waals surface area contributed by atoms with Crippen LogP contribution >= 0.6 is 23.2 Å². The van der Waals surface area contributed by atoms with Crippen molar-refractivity contribution in [3.05, 3.63) is 99.5 Å². The maximum absolute atomic E-state index is 14.8. The van der Waals surface area contributed by atoms with Gasteiger partial charge in [-0.3, -0.25) is 14.6 Å². The number of rotatable bonds is 7. The molecule has 0 spiro atoms. The van der Waals surface area contributed by atoms with Crippen LogP contribution < -0.4 is 5.32 Å². The Hall–Kier alpha value is -2.96. The number of hydrogen-bond donors (Lipinski definition) is 1. The van der Waals surface area contributed by atoms with E-state index in [1.807, 2.05) is 6.07 Å². The SMILES string of the molecule is CC(C)(C)OC(=O)CC(C(=O)N[C@@H](c1ccc(Cl)cc1)c1ncc(Cl)cc1F)c1ccccc1. The van der Waals surface area contributed by atoms with E-state index < -0.39 is 35.3 Å². The Morgan fingerprint density at radius 3 is 2.24 bits per heavy atom. The van der Waals surface area contributed by atoms with Gasteiger partial charge in [-0.2, -0.15) is 0 Å². The van der Waals surface area contributed by atoms with Crippen molar-refractivity contribution in [1.29, 1.82) is 0 Å². The van der Waals surface area contributed by atoms with Crippen LogP contribution in [0.25, 0.3) is 0 Å². The molecule has 8 heteroatoms. The zero-order chi connectivity index (χ0) is 24.9. The van der Waals surface area contributed by atoms with E-state index in [9.17, 15) is 14.0 Å². The highest BCUT2D eigenvalue weighted by Gasteiger charge is 2.30. The lowest BCUT2D eigenvalue weighted by Gasteiger charge is -2.25. The third kappa shape index (κ3) is 7.02. The normalized spacial score (nSPS) is 13.1. The van der Waals surface area contributed by atoms with Crippen molar-refractivity contribution in [2.45, 2.75) is 44.8 Å². The molecule has 0 aliphatic carbocycles. The average molecular weight is 503 g/mol. The Balaban J connectivity index is 1.97. The molecule has 1 amide bonds. The summed E-state index contributed by atoms with van der Waals surface area (Å²) in [6.07, 6.45) is 1.13. The van der Waals surface area contributed by atoms with Crippen LogP contribution in [0.2, 0.25) is 10.0 Å². The van der Waals surface area contributed by atoms with E-state index in [-0.39, 0.29) is 17.1 Å². The van der Waals surface area contributed by atoms with Crippen LogP contribution in [0.5, 0.6) is 0 Å². The van der Waals surface area contributed by atoms with Gasteiger partial charge in [-0.05, 0) is 50.1 Å². The molecule has 1 heterocycles. The fourth-order valence-electron chi connectivity index (χ4n) is 3.44. The number of ether oxygens (including phenoxy) is 1. The highest BCUT2D eigenvalue weighted by Crippen LogP contribution is 2.29. The van der Waals surface area contributed by atoms with Crippen LogP contribution in [0.1, 0.15) is 56.0 Å². The fourth-order valence-corrected chi connectivity index (χ4v) is 3.71. The van der Waals surface area contributed by atoms with Crippen LogP contribution in [-0.4, -0.2) is 22.5 Å². The van der Waals surface area contributed by atoms with Gasteiger partial charge < -0.3 is 10.1 Å². The molecule has 2 atom stereocenters. The van der Waals surface area contributed by atoms with Gasteiger partial charge in [-0.15, -0.1) is 0 Å². The van der Waals surface area contributed by atoms with Gasteiger partial charge in [-0.1, -0.05) is 65.7 Å². The number of nitrogens with one attached hydrogen (secondary N) is 1. The minimum absolute atomic E-state index is 0.0100. The summed E-state index contributed by atoms with van der Waals surface area (Å²) in [5.74, 6) is -2.53.